The van der Waals surface area contributed by atoms with Crippen LogP contribution in [0.25, 0.3) is 0 Å². The van der Waals surface area contributed by atoms with Crippen LogP contribution in [0.15, 0.2) is 18.2 Å². The number of rotatable bonds is 7. The molecule has 0 bridgehead atoms. The second-order valence-corrected chi connectivity index (χ2v) is 4.41. The van der Waals surface area contributed by atoms with E-state index in [-0.39, 0.29) is 25.2 Å². The lowest BCUT2D eigenvalue weighted by Crippen LogP contribution is -2.34. The van der Waals surface area contributed by atoms with Gasteiger partial charge in [0.05, 0.1) is 17.0 Å². The van der Waals surface area contributed by atoms with Gasteiger partial charge in [0.2, 0.25) is 11.8 Å². The van der Waals surface area contributed by atoms with Gasteiger partial charge in [-0.3, -0.25) is 19.7 Å². The number of nitro benzene ring substituents is 1. The van der Waals surface area contributed by atoms with Crippen LogP contribution in [0.4, 0.5) is 24.5 Å². The highest BCUT2D eigenvalue weighted by molar-refractivity contribution is 5.83. The molecular weight excluding hydrogens is 321 g/mol. The van der Waals surface area contributed by atoms with Gasteiger partial charge < -0.3 is 16.4 Å². The Hall–Kier alpha value is -2.85. The Morgan fingerprint density at radius 2 is 1.96 bits per heavy atom. The van der Waals surface area contributed by atoms with E-state index < -0.39 is 34.2 Å². The van der Waals surface area contributed by atoms with Crippen LogP contribution in [-0.4, -0.2) is 29.8 Å². The maximum Gasteiger partial charge on any atom is 0.416 e. The van der Waals surface area contributed by atoms with E-state index in [1.54, 1.807) is 0 Å². The molecule has 0 aliphatic rings. The fourth-order valence-electron chi connectivity index (χ4n) is 1.59. The number of hydrogen-bond donors (Lipinski definition) is 3. The molecule has 0 unspecified atom stereocenters. The first-order chi connectivity index (χ1) is 10.6. The van der Waals surface area contributed by atoms with Crippen LogP contribution in [0.1, 0.15) is 12.0 Å². The molecule has 11 heteroatoms. The highest BCUT2D eigenvalue weighted by Crippen LogP contribution is 2.34. The first-order valence-electron chi connectivity index (χ1n) is 6.25. The second-order valence-electron chi connectivity index (χ2n) is 4.41. The topological polar surface area (TPSA) is 127 Å². The molecule has 1 rings (SSSR count). The summed E-state index contributed by atoms with van der Waals surface area (Å²) in [6.07, 6.45) is -4.84. The van der Waals surface area contributed by atoms with E-state index in [9.17, 15) is 32.9 Å². The predicted octanol–water partition coefficient (Wildman–Crippen LogP) is 1.02. The number of nitrogens with one attached hydrogen (secondary N) is 2. The number of alkyl halides is 3. The number of carbonyl (C=O) groups excluding carboxylic acids is 2. The van der Waals surface area contributed by atoms with E-state index in [1.807, 2.05) is 0 Å². The molecule has 2 amide bonds. The smallest absolute Gasteiger partial charge is 0.379 e. The Kier molecular flexibility index (Phi) is 5.87. The molecule has 0 saturated carbocycles. The molecule has 1 aromatic carbocycles. The standard InChI is InChI=1S/C12H13F3N4O4/c13-12(14,15)7-1-2-8(9(5-7)19(22)23)17-4-3-11(21)18-6-10(16)20/h1-2,5,17H,3-4,6H2,(H2,16,20)(H,18,21). The number of benzene rings is 1. The third-order valence-corrected chi connectivity index (χ3v) is 2.65. The van der Waals surface area contributed by atoms with Crippen molar-refractivity contribution in [2.24, 2.45) is 5.73 Å². The summed E-state index contributed by atoms with van der Waals surface area (Å²) in [4.78, 5) is 31.6. The van der Waals surface area contributed by atoms with Crippen molar-refractivity contribution in [3.63, 3.8) is 0 Å². The van der Waals surface area contributed by atoms with E-state index in [0.717, 1.165) is 6.07 Å². The zero-order valence-electron chi connectivity index (χ0n) is 11.6. The molecule has 1 aromatic rings. The minimum absolute atomic E-state index is 0.0726. The molecule has 0 saturated heterocycles. The van der Waals surface area contributed by atoms with Crippen molar-refractivity contribution in [2.45, 2.75) is 12.6 Å². The zero-order chi connectivity index (χ0) is 17.6. The van der Waals surface area contributed by atoms with E-state index in [2.05, 4.69) is 10.6 Å². The molecule has 0 spiro atoms. The van der Waals surface area contributed by atoms with E-state index in [0.29, 0.717) is 12.1 Å². The molecule has 4 N–H and O–H groups in total. The first-order valence-corrected chi connectivity index (χ1v) is 6.25. The number of carbonyl (C=O) groups is 2. The lowest BCUT2D eigenvalue weighted by molar-refractivity contribution is -0.384. The van der Waals surface area contributed by atoms with Crippen LogP contribution < -0.4 is 16.4 Å². The second kappa shape index (κ2) is 7.42. The largest absolute Gasteiger partial charge is 0.416 e. The van der Waals surface area contributed by atoms with E-state index >= 15 is 0 Å². The summed E-state index contributed by atoms with van der Waals surface area (Å²) in [6.45, 7) is -0.421. The third kappa shape index (κ3) is 5.80. The molecule has 23 heavy (non-hydrogen) atoms. The summed E-state index contributed by atoms with van der Waals surface area (Å²) in [5.41, 5.74) is 2.78. The predicted molar refractivity (Wildman–Crippen MR) is 73.4 cm³/mol. The Morgan fingerprint density at radius 3 is 2.48 bits per heavy atom. The van der Waals surface area contributed by atoms with Crippen molar-refractivity contribution in [1.82, 2.24) is 5.32 Å². The van der Waals surface area contributed by atoms with E-state index in [4.69, 9.17) is 5.73 Å². The minimum Gasteiger partial charge on any atom is -0.379 e. The number of nitrogens with two attached hydrogens (primary N) is 1. The lowest BCUT2D eigenvalue weighted by Gasteiger charge is -2.10. The molecule has 0 aliphatic heterocycles. The normalized spacial score (nSPS) is 10.9. The summed E-state index contributed by atoms with van der Waals surface area (Å²) in [5.74, 6) is -1.27. The van der Waals surface area contributed by atoms with Gasteiger partial charge in [-0.25, -0.2) is 0 Å². The van der Waals surface area contributed by atoms with Gasteiger partial charge in [0.15, 0.2) is 0 Å². The Morgan fingerprint density at radius 1 is 1.30 bits per heavy atom. The van der Waals surface area contributed by atoms with Crippen LogP contribution in [0.2, 0.25) is 0 Å². The van der Waals surface area contributed by atoms with Gasteiger partial charge in [-0.05, 0) is 12.1 Å². The monoisotopic (exact) mass is 334 g/mol. The Balaban J connectivity index is 2.71. The van der Waals surface area contributed by atoms with Gasteiger partial charge in [0, 0.05) is 19.0 Å². The van der Waals surface area contributed by atoms with Gasteiger partial charge in [0.1, 0.15) is 5.69 Å². The molecule has 0 fully saturated rings. The highest BCUT2D eigenvalue weighted by Gasteiger charge is 2.32. The van der Waals surface area contributed by atoms with Gasteiger partial charge >= 0.3 is 6.18 Å². The average Bonchev–Trinajstić information content (AvgIpc) is 2.44. The van der Waals surface area contributed by atoms with Crippen molar-refractivity contribution in [3.8, 4) is 0 Å². The van der Waals surface area contributed by atoms with Crippen molar-refractivity contribution >= 4 is 23.2 Å². The zero-order valence-corrected chi connectivity index (χ0v) is 11.6. The van der Waals surface area contributed by atoms with Crippen LogP contribution in [0.5, 0.6) is 0 Å². The Labute approximate surface area is 128 Å². The average molecular weight is 334 g/mol. The molecule has 0 aromatic heterocycles. The van der Waals surface area contributed by atoms with Crippen molar-refractivity contribution in [2.75, 3.05) is 18.4 Å². The van der Waals surface area contributed by atoms with Gasteiger partial charge in [-0.2, -0.15) is 13.2 Å². The maximum atomic E-state index is 12.5. The number of amides is 2. The molecule has 0 heterocycles. The number of nitro groups is 1. The molecule has 0 aliphatic carbocycles. The molecule has 0 radical (unpaired) electrons. The summed E-state index contributed by atoms with van der Waals surface area (Å²) in [6, 6.07) is 2.03. The number of halogens is 3. The first kappa shape index (κ1) is 18.2. The summed E-state index contributed by atoms with van der Waals surface area (Å²) in [5, 5.41) is 15.5. The molecule has 8 nitrogen and oxygen atoms in total. The highest BCUT2D eigenvalue weighted by atomic mass is 19.4. The summed E-state index contributed by atoms with van der Waals surface area (Å²) >= 11 is 0. The van der Waals surface area contributed by atoms with Crippen molar-refractivity contribution < 1.29 is 27.7 Å². The third-order valence-electron chi connectivity index (χ3n) is 2.65. The van der Waals surface area contributed by atoms with Crippen LogP contribution in [0, 0.1) is 10.1 Å². The van der Waals surface area contributed by atoms with Crippen molar-refractivity contribution in [3.05, 3.63) is 33.9 Å². The van der Waals surface area contributed by atoms with Gasteiger partial charge in [0.25, 0.3) is 5.69 Å². The quantitative estimate of drug-likeness (QED) is 0.507. The fraction of sp³-hybridized carbons (Fsp3) is 0.333. The van der Waals surface area contributed by atoms with Crippen LogP contribution in [-0.2, 0) is 15.8 Å². The fourth-order valence-corrected chi connectivity index (χ4v) is 1.59. The molecular formula is C12H13F3N4O4. The summed E-state index contributed by atoms with van der Waals surface area (Å²) < 4.78 is 37.6. The van der Waals surface area contributed by atoms with Crippen molar-refractivity contribution in [1.29, 1.82) is 0 Å². The van der Waals surface area contributed by atoms with Gasteiger partial charge in [-0.1, -0.05) is 0 Å². The molecule has 0 atom stereocenters. The number of nitrogens with zero attached hydrogens (tertiary/aromatic N) is 1. The minimum atomic E-state index is -4.70. The maximum absolute atomic E-state index is 12.5. The van der Waals surface area contributed by atoms with Gasteiger partial charge in [-0.15, -0.1) is 0 Å². The van der Waals surface area contributed by atoms with Crippen LogP contribution in [0.3, 0.4) is 0 Å². The lowest BCUT2D eigenvalue weighted by atomic mass is 10.1. The number of anilines is 1. The summed E-state index contributed by atoms with van der Waals surface area (Å²) in [7, 11) is 0. The SMILES string of the molecule is NC(=O)CNC(=O)CCNc1ccc(C(F)(F)F)cc1[N+](=O)[O-]. The Bertz CT molecular complexity index is 619. The molecule has 126 valence electrons. The number of hydrogen-bond acceptors (Lipinski definition) is 5. The van der Waals surface area contributed by atoms with Crippen LogP contribution >= 0.6 is 0 Å². The number of primary amides is 1. The van der Waals surface area contributed by atoms with E-state index in [1.165, 1.54) is 0 Å².